The number of rotatable bonds is 21. The van der Waals surface area contributed by atoms with Gasteiger partial charge in [-0.25, -0.2) is 0 Å². The van der Waals surface area contributed by atoms with Crippen LogP contribution in [0, 0.1) is 0 Å². The summed E-state index contributed by atoms with van der Waals surface area (Å²) < 4.78 is 0. The SMILES string of the molecule is CCCCCCCC[Si](CCCCCCCC)CCCCCCCC. The summed E-state index contributed by atoms with van der Waals surface area (Å²) in [5.41, 5.74) is 0. The summed E-state index contributed by atoms with van der Waals surface area (Å²) in [5.74, 6) is 0. The molecule has 25 heavy (non-hydrogen) atoms. The Hall–Kier alpha value is 0.217. The van der Waals surface area contributed by atoms with Gasteiger partial charge in [-0.2, -0.15) is 0 Å². The topological polar surface area (TPSA) is 0 Å². The molecule has 0 fully saturated rings. The van der Waals surface area contributed by atoms with Crippen LogP contribution >= 0.6 is 0 Å². The Morgan fingerprint density at radius 1 is 0.320 bits per heavy atom. The fraction of sp³-hybridized carbons (Fsp3) is 1.00. The molecule has 0 heterocycles. The lowest BCUT2D eigenvalue weighted by atomic mass is 10.1. The van der Waals surface area contributed by atoms with Crippen molar-refractivity contribution in [3.8, 4) is 0 Å². The minimum atomic E-state index is -0.0222. The summed E-state index contributed by atoms with van der Waals surface area (Å²) in [5, 5.41) is 0. The van der Waals surface area contributed by atoms with Crippen LogP contribution in [0.25, 0.3) is 0 Å². The fourth-order valence-electron chi connectivity index (χ4n) is 3.84. The molecule has 0 rings (SSSR count). The lowest BCUT2D eigenvalue weighted by Gasteiger charge is -2.15. The Balaban J connectivity index is 3.76. The first-order valence-corrected chi connectivity index (χ1v) is 14.3. The van der Waals surface area contributed by atoms with Gasteiger partial charge in [-0.3, -0.25) is 0 Å². The zero-order valence-electron chi connectivity index (χ0n) is 18.3. The maximum absolute atomic E-state index is 2.32. The molecule has 0 aromatic rings. The smallest absolute Gasteiger partial charge is 0.0479 e. The van der Waals surface area contributed by atoms with Gasteiger partial charge in [0.05, 0.1) is 0 Å². The van der Waals surface area contributed by atoms with Crippen LogP contribution in [0.5, 0.6) is 0 Å². The molecule has 0 amide bonds. The maximum Gasteiger partial charge on any atom is 0.0479 e. The molecule has 0 nitrogen and oxygen atoms in total. The van der Waals surface area contributed by atoms with Gasteiger partial charge in [-0.05, 0) is 0 Å². The summed E-state index contributed by atoms with van der Waals surface area (Å²) >= 11 is 0. The molecule has 0 saturated carbocycles. The van der Waals surface area contributed by atoms with Gasteiger partial charge in [-0.15, -0.1) is 0 Å². The van der Waals surface area contributed by atoms with Crippen LogP contribution in [0.4, 0.5) is 0 Å². The first-order valence-electron chi connectivity index (χ1n) is 12.2. The summed E-state index contributed by atoms with van der Waals surface area (Å²) in [4.78, 5) is 0. The highest BCUT2D eigenvalue weighted by Gasteiger charge is 2.10. The third kappa shape index (κ3) is 20.4. The molecule has 0 aliphatic rings. The molecule has 0 bridgehead atoms. The lowest BCUT2D eigenvalue weighted by molar-refractivity contribution is 0.610. The van der Waals surface area contributed by atoms with Crippen LogP contribution in [0.1, 0.15) is 136 Å². The Bertz CT molecular complexity index is 188. The molecule has 1 heteroatoms. The molecule has 1 radical (unpaired) electrons. The van der Waals surface area contributed by atoms with Gasteiger partial charge in [0.1, 0.15) is 0 Å². The predicted molar refractivity (Wildman–Crippen MR) is 120 cm³/mol. The number of hydrogen-bond donors (Lipinski definition) is 0. The van der Waals surface area contributed by atoms with E-state index in [1.54, 1.807) is 37.4 Å². The van der Waals surface area contributed by atoms with E-state index in [4.69, 9.17) is 0 Å². The highest BCUT2D eigenvalue weighted by atomic mass is 28.3. The number of unbranched alkanes of at least 4 members (excludes halogenated alkanes) is 15. The molecule has 0 atom stereocenters. The van der Waals surface area contributed by atoms with E-state index in [0.717, 1.165) is 0 Å². The zero-order chi connectivity index (χ0) is 18.4. The van der Waals surface area contributed by atoms with Crippen molar-refractivity contribution in [2.24, 2.45) is 0 Å². The molecule has 151 valence electrons. The second kappa shape index (κ2) is 22.3. The van der Waals surface area contributed by atoms with E-state index in [0.29, 0.717) is 0 Å². The molecule has 0 aliphatic heterocycles. The Labute approximate surface area is 163 Å². The van der Waals surface area contributed by atoms with Gasteiger partial charge in [0, 0.05) is 8.80 Å². The first kappa shape index (κ1) is 25.2. The molecule has 0 aromatic heterocycles. The Kier molecular flexibility index (Phi) is 22.5. The van der Waals surface area contributed by atoms with Crippen LogP contribution in [-0.4, -0.2) is 8.80 Å². The minimum absolute atomic E-state index is 0.0222. The maximum atomic E-state index is 2.32. The van der Waals surface area contributed by atoms with Crippen LogP contribution < -0.4 is 0 Å². The summed E-state index contributed by atoms with van der Waals surface area (Å²) in [6.45, 7) is 6.96. The molecular weight excluding hydrogens is 316 g/mol. The lowest BCUT2D eigenvalue weighted by Crippen LogP contribution is -2.12. The van der Waals surface area contributed by atoms with Gasteiger partial charge in [-0.1, -0.05) is 154 Å². The van der Waals surface area contributed by atoms with Crippen molar-refractivity contribution in [1.29, 1.82) is 0 Å². The van der Waals surface area contributed by atoms with Gasteiger partial charge < -0.3 is 0 Å². The summed E-state index contributed by atoms with van der Waals surface area (Å²) in [6, 6.07) is 4.88. The van der Waals surface area contributed by atoms with Crippen LogP contribution in [0.2, 0.25) is 18.1 Å². The van der Waals surface area contributed by atoms with Gasteiger partial charge in [0.2, 0.25) is 0 Å². The van der Waals surface area contributed by atoms with Crippen LogP contribution in [-0.2, 0) is 0 Å². The van der Waals surface area contributed by atoms with E-state index in [9.17, 15) is 0 Å². The average molecular weight is 368 g/mol. The molecule has 0 unspecified atom stereocenters. The van der Waals surface area contributed by atoms with Gasteiger partial charge in [0.15, 0.2) is 0 Å². The molecule has 0 saturated heterocycles. The molecule has 0 aliphatic carbocycles. The minimum Gasteiger partial charge on any atom is -0.0654 e. The Morgan fingerprint density at radius 3 is 0.840 bits per heavy atom. The van der Waals surface area contributed by atoms with Gasteiger partial charge in [0.25, 0.3) is 0 Å². The van der Waals surface area contributed by atoms with Crippen LogP contribution in [0.15, 0.2) is 0 Å². The molecule has 0 N–H and O–H groups in total. The van der Waals surface area contributed by atoms with Crippen molar-refractivity contribution >= 4 is 8.80 Å². The van der Waals surface area contributed by atoms with E-state index >= 15 is 0 Å². The standard InChI is InChI=1S/C24H51Si/c1-4-7-10-13-16-19-22-25(23-20-17-14-11-8-5-2)24-21-18-15-12-9-6-3/h4-24H2,1-3H3. The first-order chi connectivity index (χ1) is 12.3. The highest BCUT2D eigenvalue weighted by molar-refractivity contribution is 6.58. The molecule has 0 aromatic carbocycles. The molecular formula is C24H51Si. The molecule has 0 spiro atoms. The highest BCUT2D eigenvalue weighted by Crippen LogP contribution is 2.20. The second-order valence-electron chi connectivity index (χ2n) is 8.30. The van der Waals surface area contributed by atoms with E-state index in [1.807, 2.05) is 0 Å². The quantitative estimate of drug-likeness (QED) is 0.140. The van der Waals surface area contributed by atoms with Crippen LogP contribution in [0.3, 0.4) is 0 Å². The monoisotopic (exact) mass is 367 g/mol. The van der Waals surface area contributed by atoms with E-state index < -0.39 is 0 Å². The van der Waals surface area contributed by atoms with Crippen molar-refractivity contribution in [3.63, 3.8) is 0 Å². The Morgan fingerprint density at radius 2 is 0.560 bits per heavy atom. The third-order valence-corrected chi connectivity index (χ3v) is 8.83. The van der Waals surface area contributed by atoms with Crippen molar-refractivity contribution in [3.05, 3.63) is 0 Å². The third-order valence-electron chi connectivity index (χ3n) is 5.65. The summed E-state index contributed by atoms with van der Waals surface area (Å²) in [7, 11) is -0.0222. The second-order valence-corrected chi connectivity index (χ2v) is 11.3. The van der Waals surface area contributed by atoms with Crippen molar-refractivity contribution in [2.75, 3.05) is 0 Å². The average Bonchev–Trinajstić information content (AvgIpc) is 2.63. The summed E-state index contributed by atoms with van der Waals surface area (Å²) in [6.07, 6.45) is 26.6. The van der Waals surface area contributed by atoms with Gasteiger partial charge >= 0.3 is 0 Å². The normalized spacial score (nSPS) is 11.5. The fourth-order valence-corrected chi connectivity index (χ4v) is 6.84. The van der Waals surface area contributed by atoms with Crippen molar-refractivity contribution in [2.45, 2.75) is 154 Å². The number of hydrogen-bond acceptors (Lipinski definition) is 0. The largest absolute Gasteiger partial charge is 0.0654 e. The van der Waals surface area contributed by atoms with E-state index in [2.05, 4.69) is 20.8 Å². The predicted octanol–water partition coefficient (Wildman–Crippen LogP) is 9.56. The zero-order valence-corrected chi connectivity index (χ0v) is 19.3. The van der Waals surface area contributed by atoms with Crippen molar-refractivity contribution in [1.82, 2.24) is 0 Å². The van der Waals surface area contributed by atoms with E-state index in [-0.39, 0.29) is 8.80 Å². The van der Waals surface area contributed by atoms with E-state index in [1.165, 1.54) is 96.3 Å². The van der Waals surface area contributed by atoms with Crippen molar-refractivity contribution < 1.29 is 0 Å².